The minimum Gasteiger partial charge on any atom is -0.396 e. The molecule has 4 N–H and O–H groups in total. The number of aliphatic hydroxyl groups excluding tert-OH is 1. The summed E-state index contributed by atoms with van der Waals surface area (Å²) in [6.07, 6.45) is 0.558. The van der Waals surface area contributed by atoms with Crippen molar-refractivity contribution in [2.75, 3.05) is 6.61 Å². The van der Waals surface area contributed by atoms with Crippen molar-refractivity contribution < 1.29 is 5.11 Å². The molecule has 0 aliphatic carbocycles. The molecule has 0 saturated heterocycles. The van der Waals surface area contributed by atoms with E-state index in [1.807, 2.05) is 13.8 Å². The van der Waals surface area contributed by atoms with E-state index in [4.69, 9.17) is 16.2 Å². The first-order valence-corrected chi connectivity index (χ1v) is 2.96. The molecule has 54 valence electrons. The van der Waals surface area contributed by atoms with Crippen molar-refractivity contribution in [3.05, 3.63) is 0 Å². The number of nitrogens with one attached hydrogen (secondary N) is 1. The summed E-state index contributed by atoms with van der Waals surface area (Å²) < 4.78 is 0. The molecule has 0 spiro atoms. The van der Waals surface area contributed by atoms with Crippen molar-refractivity contribution in [3.8, 4) is 0 Å². The number of nitrogens with two attached hydrogens (primary N) is 1. The minimum absolute atomic E-state index is 0.0899. The van der Waals surface area contributed by atoms with Gasteiger partial charge in [0.2, 0.25) is 0 Å². The van der Waals surface area contributed by atoms with Crippen LogP contribution in [-0.4, -0.2) is 17.5 Å². The van der Waals surface area contributed by atoms with Gasteiger partial charge in [0.05, 0.1) is 5.84 Å². The number of hydrogen-bond donors (Lipinski definition) is 3. The predicted molar refractivity (Wildman–Crippen MR) is 37.4 cm³/mol. The Hall–Kier alpha value is -0.570. The molecule has 3 nitrogen and oxygen atoms in total. The van der Waals surface area contributed by atoms with E-state index in [1.54, 1.807) is 0 Å². The maximum absolute atomic E-state index is 8.50. The van der Waals surface area contributed by atoms with Gasteiger partial charge in [-0.2, -0.15) is 0 Å². The summed E-state index contributed by atoms with van der Waals surface area (Å²) in [4.78, 5) is 0. The molecule has 0 unspecified atom stereocenters. The summed E-state index contributed by atoms with van der Waals surface area (Å²) in [6.45, 7) is 3.77. The zero-order valence-electron chi connectivity index (χ0n) is 5.94. The Morgan fingerprint density at radius 2 is 2.11 bits per heavy atom. The largest absolute Gasteiger partial charge is 0.396 e. The molecule has 0 saturated carbocycles. The third-order valence-electron chi connectivity index (χ3n) is 1.47. The SMILES string of the molecule is CC(C)(CCO)C(=N)N. The van der Waals surface area contributed by atoms with Crippen molar-refractivity contribution in [1.29, 1.82) is 5.41 Å². The highest BCUT2D eigenvalue weighted by Gasteiger charge is 2.19. The first-order valence-electron chi connectivity index (χ1n) is 2.96. The Bertz CT molecular complexity index is 110. The Balaban J connectivity index is 3.85. The van der Waals surface area contributed by atoms with Gasteiger partial charge in [-0.25, -0.2) is 0 Å². The van der Waals surface area contributed by atoms with E-state index in [9.17, 15) is 0 Å². The van der Waals surface area contributed by atoms with Gasteiger partial charge in [0.15, 0.2) is 0 Å². The highest BCUT2D eigenvalue weighted by Crippen LogP contribution is 2.18. The molecule has 3 heteroatoms. The van der Waals surface area contributed by atoms with Crippen LogP contribution in [0.5, 0.6) is 0 Å². The zero-order chi connectivity index (χ0) is 7.49. The van der Waals surface area contributed by atoms with E-state index in [0.717, 1.165) is 0 Å². The number of rotatable bonds is 3. The molecule has 0 fully saturated rings. The molecular formula is C6H14N2O. The molecular weight excluding hydrogens is 116 g/mol. The quantitative estimate of drug-likeness (QED) is 0.380. The van der Waals surface area contributed by atoms with E-state index in [1.165, 1.54) is 0 Å². The summed E-state index contributed by atoms with van der Waals surface area (Å²) in [6, 6.07) is 0. The van der Waals surface area contributed by atoms with Crippen LogP contribution < -0.4 is 5.73 Å². The Labute approximate surface area is 55.4 Å². The van der Waals surface area contributed by atoms with Crippen molar-refractivity contribution in [2.24, 2.45) is 11.1 Å². The maximum Gasteiger partial charge on any atom is 0.0963 e. The third-order valence-corrected chi connectivity index (χ3v) is 1.47. The Morgan fingerprint density at radius 3 is 2.22 bits per heavy atom. The normalized spacial score (nSPS) is 11.4. The average Bonchev–Trinajstić information content (AvgIpc) is 1.65. The molecule has 0 aliphatic rings. The standard InChI is InChI=1S/C6H14N2O/c1-6(2,3-4-9)5(7)8/h9H,3-4H2,1-2H3,(H3,7,8). The number of aliphatic hydroxyl groups is 1. The van der Waals surface area contributed by atoms with Crippen LogP contribution >= 0.6 is 0 Å². The summed E-state index contributed by atoms with van der Waals surface area (Å²) in [7, 11) is 0. The lowest BCUT2D eigenvalue weighted by atomic mass is 9.89. The van der Waals surface area contributed by atoms with Gasteiger partial charge in [0.1, 0.15) is 0 Å². The predicted octanol–water partition coefficient (Wildman–Crippen LogP) is 0.331. The lowest BCUT2D eigenvalue weighted by Gasteiger charge is -2.20. The second-order valence-corrected chi connectivity index (χ2v) is 2.77. The molecule has 0 aromatic carbocycles. The lowest BCUT2D eigenvalue weighted by molar-refractivity contribution is 0.248. The van der Waals surface area contributed by atoms with Crippen LogP contribution in [0.3, 0.4) is 0 Å². The molecule has 0 aliphatic heterocycles. The molecule has 0 heterocycles. The van der Waals surface area contributed by atoms with E-state index >= 15 is 0 Å². The Kier molecular flexibility index (Phi) is 2.65. The van der Waals surface area contributed by atoms with Crippen LogP contribution in [-0.2, 0) is 0 Å². The number of hydrogen-bond acceptors (Lipinski definition) is 2. The van der Waals surface area contributed by atoms with E-state index in [2.05, 4.69) is 0 Å². The van der Waals surface area contributed by atoms with Crippen molar-refractivity contribution >= 4 is 5.84 Å². The summed E-state index contributed by atoms with van der Waals surface area (Å²) >= 11 is 0. The Morgan fingerprint density at radius 1 is 1.67 bits per heavy atom. The van der Waals surface area contributed by atoms with Gasteiger partial charge < -0.3 is 10.8 Å². The van der Waals surface area contributed by atoms with Crippen LogP contribution in [0.2, 0.25) is 0 Å². The molecule has 0 atom stereocenters. The molecule has 0 aromatic rings. The average molecular weight is 130 g/mol. The summed E-state index contributed by atoms with van der Waals surface area (Å²) in [5.74, 6) is 0.136. The van der Waals surface area contributed by atoms with Gasteiger partial charge in [0.25, 0.3) is 0 Å². The topological polar surface area (TPSA) is 70.1 Å². The first-order chi connectivity index (χ1) is 4.00. The van der Waals surface area contributed by atoms with Gasteiger partial charge in [-0.3, -0.25) is 5.41 Å². The van der Waals surface area contributed by atoms with Gasteiger partial charge in [0, 0.05) is 12.0 Å². The van der Waals surface area contributed by atoms with Crippen molar-refractivity contribution in [2.45, 2.75) is 20.3 Å². The van der Waals surface area contributed by atoms with Crippen molar-refractivity contribution in [3.63, 3.8) is 0 Å². The molecule has 0 bridgehead atoms. The van der Waals surface area contributed by atoms with Crippen molar-refractivity contribution in [1.82, 2.24) is 0 Å². The van der Waals surface area contributed by atoms with E-state index in [0.29, 0.717) is 6.42 Å². The van der Waals surface area contributed by atoms with Crippen LogP contribution in [0.4, 0.5) is 0 Å². The van der Waals surface area contributed by atoms with E-state index < -0.39 is 0 Å². The summed E-state index contributed by atoms with van der Waals surface area (Å²) in [5.41, 5.74) is 4.89. The van der Waals surface area contributed by atoms with Gasteiger partial charge in [-0.15, -0.1) is 0 Å². The highest BCUT2D eigenvalue weighted by molar-refractivity contribution is 5.82. The van der Waals surface area contributed by atoms with Crippen LogP contribution in [0.1, 0.15) is 20.3 Å². The second kappa shape index (κ2) is 2.82. The first kappa shape index (κ1) is 8.43. The van der Waals surface area contributed by atoms with Crippen LogP contribution in [0.15, 0.2) is 0 Å². The fourth-order valence-electron chi connectivity index (χ4n) is 0.414. The fourth-order valence-corrected chi connectivity index (χ4v) is 0.414. The maximum atomic E-state index is 8.50. The number of amidine groups is 1. The smallest absolute Gasteiger partial charge is 0.0963 e. The fraction of sp³-hybridized carbons (Fsp3) is 0.833. The lowest BCUT2D eigenvalue weighted by Crippen LogP contribution is -2.31. The minimum atomic E-state index is -0.339. The second-order valence-electron chi connectivity index (χ2n) is 2.77. The van der Waals surface area contributed by atoms with Crippen LogP contribution in [0.25, 0.3) is 0 Å². The molecule has 0 radical (unpaired) electrons. The highest BCUT2D eigenvalue weighted by atomic mass is 16.3. The third kappa shape index (κ3) is 2.46. The monoisotopic (exact) mass is 130 g/mol. The summed E-state index contributed by atoms with van der Waals surface area (Å²) in [5, 5.41) is 15.6. The zero-order valence-corrected chi connectivity index (χ0v) is 5.94. The van der Waals surface area contributed by atoms with Gasteiger partial charge in [-0.1, -0.05) is 13.8 Å². The van der Waals surface area contributed by atoms with Gasteiger partial charge in [-0.05, 0) is 6.42 Å². The van der Waals surface area contributed by atoms with Crippen LogP contribution in [0, 0.1) is 10.8 Å². The molecule has 0 amide bonds. The molecule has 0 aromatic heterocycles. The molecule has 9 heavy (non-hydrogen) atoms. The van der Waals surface area contributed by atoms with E-state index in [-0.39, 0.29) is 17.9 Å². The molecule has 0 rings (SSSR count). The van der Waals surface area contributed by atoms with Gasteiger partial charge >= 0.3 is 0 Å².